The Morgan fingerprint density at radius 1 is 1.15 bits per heavy atom. The van der Waals surface area contributed by atoms with Crippen LogP contribution in [0.25, 0.3) is 0 Å². The number of carbonyl (C=O) groups is 3. The number of Topliss-reactive ketones (excluding diaryl/α,β-unsaturated/α-hetero) is 2. The molecule has 0 fully saturated rings. The first-order valence-corrected chi connectivity index (χ1v) is 10.2. The van der Waals surface area contributed by atoms with E-state index in [0.717, 1.165) is 0 Å². The molecule has 3 aliphatic rings. The Morgan fingerprint density at radius 2 is 1.76 bits per heavy atom. The molecule has 0 heterocycles. The first-order valence-electron chi connectivity index (χ1n) is 10.2. The summed E-state index contributed by atoms with van der Waals surface area (Å²) in [5.41, 5.74) is -6.64. The first-order chi connectivity index (χ1) is 15.6. The Morgan fingerprint density at radius 3 is 2.29 bits per heavy atom. The molecule has 0 bridgehead atoms. The molecule has 1 aromatic rings. The standard InChI is InChI=1S/C22H20F3NO8/c1-26(2)11-6-10(22(23,24)25)16(28)14-9(11)4-7-3-8-5-12(27)15(20(32)33)19(31)21(8,34)18(30)13(7)17(14)29/h6-8,27-28,30,34H,3-5H2,1-2H3,(H,32,33)/t7-,8+,21+/m1/s1. The molecule has 0 unspecified atom stereocenters. The molecule has 0 aromatic heterocycles. The maximum absolute atomic E-state index is 13.6. The van der Waals surface area contributed by atoms with E-state index in [-0.39, 0.29) is 24.1 Å². The second-order valence-electron chi connectivity index (χ2n) is 8.89. The zero-order valence-corrected chi connectivity index (χ0v) is 17.9. The van der Waals surface area contributed by atoms with Crippen LogP contribution in [-0.2, 0) is 22.2 Å². The molecular weight excluding hydrogens is 463 g/mol. The van der Waals surface area contributed by atoms with Crippen LogP contribution in [0.5, 0.6) is 5.75 Å². The molecule has 4 rings (SSSR count). The van der Waals surface area contributed by atoms with Crippen molar-refractivity contribution in [2.75, 3.05) is 19.0 Å². The zero-order valence-electron chi connectivity index (χ0n) is 17.9. The van der Waals surface area contributed by atoms with E-state index < -0.39 is 87.1 Å². The highest BCUT2D eigenvalue weighted by Crippen LogP contribution is 2.53. The van der Waals surface area contributed by atoms with E-state index in [4.69, 9.17) is 0 Å². The number of carbonyl (C=O) groups excluding carboxylic acids is 2. The third-order valence-corrected chi connectivity index (χ3v) is 6.79. The van der Waals surface area contributed by atoms with Crippen LogP contribution >= 0.6 is 0 Å². The topological polar surface area (TPSA) is 156 Å². The van der Waals surface area contributed by atoms with Crippen molar-refractivity contribution >= 4 is 23.2 Å². The summed E-state index contributed by atoms with van der Waals surface area (Å²) in [5, 5.41) is 51.7. The number of aliphatic hydroxyl groups excluding tert-OH is 2. The molecule has 3 atom stereocenters. The Kier molecular flexibility index (Phi) is 5.02. The van der Waals surface area contributed by atoms with Gasteiger partial charge in [0.1, 0.15) is 28.4 Å². The fraction of sp³-hybridized carbons (Fsp3) is 0.409. The molecule has 34 heavy (non-hydrogen) atoms. The summed E-state index contributed by atoms with van der Waals surface area (Å²) in [7, 11) is 2.91. The fourth-order valence-corrected chi connectivity index (χ4v) is 5.25. The van der Waals surface area contributed by atoms with E-state index in [1.165, 1.54) is 19.0 Å². The maximum atomic E-state index is 13.6. The van der Waals surface area contributed by atoms with Crippen LogP contribution < -0.4 is 4.90 Å². The van der Waals surface area contributed by atoms with Crippen molar-refractivity contribution in [2.45, 2.75) is 31.0 Å². The molecule has 0 aliphatic heterocycles. The zero-order chi connectivity index (χ0) is 25.5. The van der Waals surface area contributed by atoms with Crippen molar-refractivity contribution in [3.8, 4) is 5.75 Å². The van der Waals surface area contributed by atoms with E-state index in [1.807, 2.05) is 0 Å². The van der Waals surface area contributed by atoms with Crippen LogP contribution in [0.4, 0.5) is 18.9 Å². The summed E-state index contributed by atoms with van der Waals surface area (Å²) in [6.45, 7) is 0. The highest BCUT2D eigenvalue weighted by molar-refractivity contribution is 6.23. The van der Waals surface area contributed by atoms with Gasteiger partial charge in [0.15, 0.2) is 11.4 Å². The fourth-order valence-electron chi connectivity index (χ4n) is 5.25. The first kappa shape index (κ1) is 23.6. The number of anilines is 1. The molecule has 12 heteroatoms. The lowest BCUT2D eigenvalue weighted by Crippen LogP contribution is -2.56. The molecule has 3 aliphatic carbocycles. The van der Waals surface area contributed by atoms with Crippen LogP contribution in [0.2, 0.25) is 0 Å². The van der Waals surface area contributed by atoms with Gasteiger partial charge < -0.3 is 30.4 Å². The Bertz CT molecular complexity index is 1230. The largest absolute Gasteiger partial charge is 0.511 e. The molecule has 5 N–H and O–H groups in total. The molecule has 1 aromatic carbocycles. The Labute approximate surface area is 190 Å². The summed E-state index contributed by atoms with van der Waals surface area (Å²) in [6.07, 6.45) is -5.75. The monoisotopic (exact) mass is 483 g/mol. The number of rotatable bonds is 2. The number of fused-ring (bicyclic) bond motifs is 3. The molecule has 0 saturated carbocycles. The van der Waals surface area contributed by atoms with Gasteiger partial charge in [0.2, 0.25) is 5.78 Å². The van der Waals surface area contributed by atoms with Gasteiger partial charge in [-0.25, -0.2) is 4.79 Å². The lowest BCUT2D eigenvalue weighted by molar-refractivity contribution is -0.147. The van der Waals surface area contributed by atoms with Gasteiger partial charge in [-0.1, -0.05) is 0 Å². The van der Waals surface area contributed by atoms with Gasteiger partial charge in [-0.05, 0) is 30.4 Å². The van der Waals surface area contributed by atoms with Gasteiger partial charge in [0.05, 0.1) is 5.56 Å². The van der Waals surface area contributed by atoms with Crippen molar-refractivity contribution in [1.29, 1.82) is 0 Å². The van der Waals surface area contributed by atoms with E-state index in [9.17, 15) is 53.1 Å². The number of aromatic hydroxyl groups is 1. The molecule has 0 saturated heterocycles. The summed E-state index contributed by atoms with van der Waals surface area (Å²) >= 11 is 0. The van der Waals surface area contributed by atoms with Crippen LogP contribution in [0, 0.1) is 11.8 Å². The summed E-state index contributed by atoms with van der Waals surface area (Å²) in [6, 6.07) is 0.715. The van der Waals surface area contributed by atoms with E-state index in [2.05, 4.69) is 0 Å². The second-order valence-corrected chi connectivity index (χ2v) is 8.89. The number of halogens is 3. The third-order valence-electron chi connectivity index (χ3n) is 6.79. The van der Waals surface area contributed by atoms with E-state index >= 15 is 0 Å². The lowest BCUT2D eigenvalue weighted by Gasteiger charge is -2.45. The molecule has 0 spiro atoms. The number of phenols is 1. The summed E-state index contributed by atoms with van der Waals surface area (Å²) < 4.78 is 40.7. The molecular formula is C22H20F3NO8. The number of hydrogen-bond acceptors (Lipinski definition) is 8. The number of aliphatic hydroxyl groups is 3. The predicted octanol–water partition coefficient (Wildman–Crippen LogP) is 2.26. The van der Waals surface area contributed by atoms with Gasteiger partial charge in [-0.3, -0.25) is 9.59 Å². The molecule has 0 radical (unpaired) electrons. The van der Waals surface area contributed by atoms with Gasteiger partial charge in [0.25, 0.3) is 0 Å². The number of nitrogens with zero attached hydrogens (tertiary/aromatic N) is 1. The summed E-state index contributed by atoms with van der Waals surface area (Å²) in [4.78, 5) is 39.0. The number of phenolic OH excluding ortho intramolecular Hbond substituents is 1. The lowest BCUT2D eigenvalue weighted by atomic mass is 9.60. The van der Waals surface area contributed by atoms with Crippen LogP contribution in [-0.4, -0.2) is 62.8 Å². The maximum Gasteiger partial charge on any atom is 0.420 e. The number of alkyl halides is 3. The molecule has 9 nitrogen and oxygen atoms in total. The average molecular weight is 483 g/mol. The number of ketones is 2. The minimum atomic E-state index is -5.01. The van der Waals surface area contributed by atoms with Gasteiger partial charge in [-0.2, -0.15) is 13.2 Å². The number of hydrogen-bond donors (Lipinski definition) is 5. The Hall–Kier alpha value is -3.54. The van der Waals surface area contributed by atoms with E-state index in [1.54, 1.807) is 0 Å². The molecule has 0 amide bonds. The third kappa shape index (κ3) is 3.01. The number of aliphatic carboxylic acids is 1. The highest BCUT2D eigenvalue weighted by atomic mass is 19.4. The minimum Gasteiger partial charge on any atom is -0.511 e. The van der Waals surface area contributed by atoms with Crippen LogP contribution in [0.15, 0.2) is 28.7 Å². The smallest absolute Gasteiger partial charge is 0.420 e. The normalized spacial score (nSPS) is 26.8. The van der Waals surface area contributed by atoms with Crippen molar-refractivity contribution in [3.63, 3.8) is 0 Å². The van der Waals surface area contributed by atoms with Crippen LogP contribution in [0.1, 0.15) is 34.3 Å². The summed E-state index contributed by atoms with van der Waals surface area (Å²) in [5.74, 6) is -9.94. The number of carboxylic acid groups (broad SMARTS) is 1. The Balaban J connectivity index is 1.97. The van der Waals surface area contributed by atoms with Gasteiger partial charge >= 0.3 is 12.1 Å². The second kappa shape index (κ2) is 7.23. The predicted molar refractivity (Wildman–Crippen MR) is 109 cm³/mol. The number of benzene rings is 1. The van der Waals surface area contributed by atoms with Gasteiger partial charge in [-0.15, -0.1) is 0 Å². The average Bonchev–Trinajstić information content (AvgIpc) is 2.69. The van der Waals surface area contributed by atoms with Crippen molar-refractivity contribution in [1.82, 2.24) is 0 Å². The SMILES string of the molecule is CN(C)c1cc(C(F)(F)F)c(O)c2c1C[C@H]1C[C@H]3CC(O)=C(C(=O)O)C(=O)[C@@]3(O)C(O)=C1C2=O. The quantitative estimate of drug-likeness (QED) is 0.398. The van der Waals surface area contributed by atoms with Crippen molar-refractivity contribution in [2.24, 2.45) is 11.8 Å². The van der Waals surface area contributed by atoms with E-state index in [0.29, 0.717) is 6.07 Å². The van der Waals surface area contributed by atoms with Crippen LogP contribution in [0.3, 0.4) is 0 Å². The number of carboxylic acids is 1. The van der Waals surface area contributed by atoms with Crippen molar-refractivity contribution < 1.29 is 53.1 Å². The van der Waals surface area contributed by atoms with Gasteiger partial charge in [0, 0.05) is 37.7 Å². The number of allylic oxidation sites excluding steroid dienone is 2. The molecule has 182 valence electrons. The minimum absolute atomic E-state index is 0.0171. The van der Waals surface area contributed by atoms with Crippen molar-refractivity contribution in [3.05, 3.63) is 45.4 Å². The highest BCUT2D eigenvalue weighted by Gasteiger charge is 2.60.